The molecule has 3 fully saturated rings. The van der Waals surface area contributed by atoms with Crippen molar-refractivity contribution in [1.29, 1.82) is 0 Å². The molecule has 1 saturated heterocycles. The number of anilines is 1. The van der Waals surface area contributed by atoms with Crippen molar-refractivity contribution in [3.8, 4) is 0 Å². The molecule has 0 bridgehead atoms. The first-order valence-electron chi connectivity index (χ1n) is 14.9. The number of benzene rings is 1. The molecule has 2 saturated carbocycles. The van der Waals surface area contributed by atoms with E-state index in [9.17, 15) is 27.6 Å². The van der Waals surface area contributed by atoms with Crippen LogP contribution in [0.5, 0.6) is 0 Å². The molecule has 1 unspecified atom stereocenters. The van der Waals surface area contributed by atoms with Crippen molar-refractivity contribution < 1.29 is 31.9 Å². The molecule has 1 aromatic carbocycles. The third kappa shape index (κ3) is 6.86. The molecule has 1 aliphatic heterocycles. The van der Waals surface area contributed by atoms with Gasteiger partial charge in [-0.2, -0.15) is 18.3 Å². The molecule has 5 rings (SSSR count). The Labute approximate surface area is 247 Å². The second-order valence-electron chi connectivity index (χ2n) is 12.2. The van der Waals surface area contributed by atoms with Gasteiger partial charge >= 0.3 is 6.18 Å². The van der Waals surface area contributed by atoms with Gasteiger partial charge in [0, 0.05) is 31.9 Å². The third-order valence-corrected chi connectivity index (χ3v) is 8.70. The molecule has 43 heavy (non-hydrogen) atoms. The molecule has 2 heterocycles. The summed E-state index contributed by atoms with van der Waals surface area (Å²) in [7, 11) is 0. The maximum Gasteiger partial charge on any atom is 0.410 e. The lowest BCUT2D eigenvalue weighted by molar-refractivity contribution is -0.193. The van der Waals surface area contributed by atoms with Gasteiger partial charge in [-0.05, 0) is 88.0 Å². The van der Waals surface area contributed by atoms with E-state index in [1.54, 1.807) is 10.7 Å². The molecule has 3 N–H and O–H groups in total. The van der Waals surface area contributed by atoms with Gasteiger partial charge in [0.05, 0.1) is 11.6 Å². The molecule has 3 atom stereocenters. The van der Waals surface area contributed by atoms with E-state index in [0.717, 1.165) is 36.6 Å². The number of aromatic nitrogens is 2. The largest absolute Gasteiger partial charge is 0.410 e. The Morgan fingerprint density at radius 2 is 1.72 bits per heavy atom. The van der Waals surface area contributed by atoms with E-state index in [-0.39, 0.29) is 36.3 Å². The van der Waals surface area contributed by atoms with Crippen LogP contribution in [0.2, 0.25) is 0 Å². The number of nitrogens with zero attached hydrogens (tertiary/aromatic N) is 3. The lowest BCUT2D eigenvalue weighted by atomic mass is 9.88. The van der Waals surface area contributed by atoms with Gasteiger partial charge in [0.25, 0.3) is 5.91 Å². The molecule has 13 heteroatoms. The molecule has 9 nitrogen and oxygen atoms in total. The summed E-state index contributed by atoms with van der Waals surface area (Å²) >= 11 is 0. The summed E-state index contributed by atoms with van der Waals surface area (Å²) in [5, 5.41) is 12.4. The van der Waals surface area contributed by atoms with Crippen molar-refractivity contribution in [2.24, 2.45) is 17.8 Å². The Morgan fingerprint density at radius 3 is 2.30 bits per heavy atom. The summed E-state index contributed by atoms with van der Waals surface area (Å²) in [4.78, 5) is 40.8. The van der Waals surface area contributed by atoms with Crippen LogP contribution in [0, 0.1) is 23.6 Å². The smallest absolute Gasteiger partial charge is 0.339 e. The van der Waals surface area contributed by atoms with Crippen molar-refractivity contribution in [3.63, 3.8) is 0 Å². The highest BCUT2D eigenvalue weighted by Gasteiger charge is 2.49. The van der Waals surface area contributed by atoms with Crippen LogP contribution in [-0.4, -0.2) is 70.3 Å². The third-order valence-electron chi connectivity index (χ3n) is 8.70. The van der Waals surface area contributed by atoms with Crippen LogP contribution >= 0.6 is 0 Å². The van der Waals surface area contributed by atoms with E-state index in [2.05, 4.69) is 21.0 Å². The highest BCUT2D eigenvalue weighted by molar-refractivity contribution is 6.01. The molecule has 234 valence electrons. The lowest BCUT2D eigenvalue weighted by Crippen LogP contribution is -2.60. The maximum atomic E-state index is 15.3. The monoisotopic (exact) mass is 606 g/mol. The minimum absolute atomic E-state index is 0.0708. The lowest BCUT2D eigenvalue weighted by Gasteiger charge is -2.38. The van der Waals surface area contributed by atoms with Crippen LogP contribution in [0.4, 0.5) is 23.2 Å². The van der Waals surface area contributed by atoms with E-state index in [1.807, 2.05) is 13.8 Å². The summed E-state index contributed by atoms with van der Waals surface area (Å²) in [5.74, 6) is -3.08. The second kappa shape index (κ2) is 12.3. The van der Waals surface area contributed by atoms with Crippen molar-refractivity contribution in [3.05, 3.63) is 47.5 Å². The number of carbonyl (C=O) groups is 3. The average molecular weight is 607 g/mol. The first-order chi connectivity index (χ1) is 20.4. The van der Waals surface area contributed by atoms with Crippen LogP contribution in [-0.2, 0) is 9.59 Å². The molecule has 2 aromatic rings. The Kier molecular flexibility index (Phi) is 8.82. The van der Waals surface area contributed by atoms with Gasteiger partial charge in [-0.25, -0.2) is 4.39 Å². The molecule has 2 aliphatic carbocycles. The summed E-state index contributed by atoms with van der Waals surface area (Å²) in [6, 6.07) is 2.47. The van der Waals surface area contributed by atoms with E-state index >= 15 is 4.39 Å². The SMILES string of the molecule is CC(C)n1nccc1C(=O)N[C@H](C(=O)Nc1ccc([C@H](C)C(=O)N2CCNCC2C(F)(F)F)cc1F)C(C1CC1)C1CC1. The van der Waals surface area contributed by atoms with E-state index in [0.29, 0.717) is 17.5 Å². The van der Waals surface area contributed by atoms with Gasteiger partial charge in [0.1, 0.15) is 23.6 Å². The Hall–Kier alpha value is -3.48. The topological polar surface area (TPSA) is 108 Å². The fourth-order valence-corrected chi connectivity index (χ4v) is 6.11. The second-order valence-corrected chi connectivity index (χ2v) is 12.2. The molecular formula is C30H38F4N6O3. The van der Waals surface area contributed by atoms with Crippen LogP contribution in [0.25, 0.3) is 0 Å². The van der Waals surface area contributed by atoms with Gasteiger partial charge in [0.2, 0.25) is 11.8 Å². The minimum atomic E-state index is -4.60. The minimum Gasteiger partial charge on any atom is -0.339 e. The van der Waals surface area contributed by atoms with E-state index in [4.69, 9.17) is 0 Å². The van der Waals surface area contributed by atoms with Crippen molar-refractivity contribution in [1.82, 2.24) is 25.3 Å². The van der Waals surface area contributed by atoms with Gasteiger partial charge in [0.15, 0.2) is 0 Å². The molecule has 3 aliphatic rings. The predicted octanol–water partition coefficient (Wildman–Crippen LogP) is 4.24. The Bertz CT molecular complexity index is 1340. The number of halogens is 4. The number of hydrogen-bond acceptors (Lipinski definition) is 5. The fraction of sp³-hybridized carbons (Fsp3) is 0.600. The fourth-order valence-electron chi connectivity index (χ4n) is 6.11. The predicted molar refractivity (Wildman–Crippen MR) is 151 cm³/mol. The van der Waals surface area contributed by atoms with Crippen LogP contribution in [0.3, 0.4) is 0 Å². The highest BCUT2D eigenvalue weighted by atomic mass is 19.4. The molecule has 1 aromatic heterocycles. The van der Waals surface area contributed by atoms with Crippen LogP contribution < -0.4 is 16.0 Å². The normalized spacial score (nSPS) is 20.7. The number of carbonyl (C=O) groups excluding carboxylic acids is 3. The van der Waals surface area contributed by atoms with Crippen LogP contribution in [0.1, 0.15) is 74.5 Å². The Morgan fingerprint density at radius 1 is 1.05 bits per heavy atom. The van der Waals surface area contributed by atoms with E-state index in [1.165, 1.54) is 25.3 Å². The standard InChI is InChI=1S/C30H38F4N6O3/c1-16(2)40-23(10-11-36-40)27(41)38-26(25(18-4-5-18)19-6-7-19)28(42)37-22-9-8-20(14-21(22)31)17(3)29(43)39-13-12-35-15-24(39)30(32,33)34/h8-11,14,16-19,24-26,35H,4-7,12-13,15H2,1-3H3,(H,37,42)(H,38,41)/t17-,24?,26-/m0/s1. The molecule has 0 radical (unpaired) electrons. The number of rotatable bonds is 10. The van der Waals surface area contributed by atoms with Gasteiger partial charge < -0.3 is 20.9 Å². The zero-order valence-electron chi connectivity index (χ0n) is 24.5. The maximum absolute atomic E-state index is 15.3. The summed E-state index contributed by atoms with van der Waals surface area (Å²) in [6.07, 6.45) is 0.771. The molecule has 0 spiro atoms. The molecule has 3 amide bonds. The first-order valence-corrected chi connectivity index (χ1v) is 14.9. The van der Waals surface area contributed by atoms with Crippen molar-refractivity contribution >= 4 is 23.4 Å². The summed E-state index contributed by atoms with van der Waals surface area (Å²) in [5.41, 5.74) is 0.380. The van der Waals surface area contributed by atoms with Gasteiger partial charge in [-0.15, -0.1) is 0 Å². The van der Waals surface area contributed by atoms with E-state index < -0.39 is 54.3 Å². The molecular weight excluding hydrogens is 568 g/mol. The summed E-state index contributed by atoms with van der Waals surface area (Å²) in [6.45, 7) is 4.94. The number of alkyl halides is 3. The zero-order valence-corrected chi connectivity index (χ0v) is 24.5. The number of nitrogens with one attached hydrogen (secondary N) is 3. The average Bonchev–Trinajstić information content (AvgIpc) is 3.91. The van der Waals surface area contributed by atoms with Gasteiger partial charge in [-0.1, -0.05) is 6.07 Å². The zero-order chi connectivity index (χ0) is 31.1. The summed E-state index contributed by atoms with van der Waals surface area (Å²) < 4.78 is 57.5. The van der Waals surface area contributed by atoms with Crippen molar-refractivity contribution in [2.75, 3.05) is 25.0 Å². The van der Waals surface area contributed by atoms with Crippen molar-refractivity contribution in [2.45, 2.75) is 76.7 Å². The number of piperazine rings is 1. The van der Waals surface area contributed by atoms with Gasteiger partial charge in [-0.3, -0.25) is 19.1 Å². The first kappa shape index (κ1) is 31.0. The number of amides is 3. The Balaban J connectivity index is 1.33. The quantitative estimate of drug-likeness (QED) is 0.351. The highest BCUT2D eigenvalue weighted by Crippen LogP contribution is 2.51. The van der Waals surface area contributed by atoms with Crippen LogP contribution in [0.15, 0.2) is 30.5 Å². The number of hydrogen-bond donors (Lipinski definition) is 3.